The Labute approximate surface area is 193 Å². The Hall–Kier alpha value is -2.65. The van der Waals surface area contributed by atoms with Crippen LogP contribution in [0.5, 0.6) is 11.5 Å². The standard InChI is InChI=1S/C24H30N2O5S/c1-28-22-7-3-19(4-8-22)15-26(16-20-5-9-23(29-2)10-6-20)24-25-21(18-32-24)17-31-14-13-30-12-11-27/h3-10,18,27H,11-17H2,1-2H3. The van der Waals surface area contributed by atoms with E-state index in [0.29, 0.717) is 26.4 Å². The normalized spacial score (nSPS) is 10.8. The summed E-state index contributed by atoms with van der Waals surface area (Å²) in [5, 5.41) is 11.7. The van der Waals surface area contributed by atoms with Gasteiger partial charge in [-0.25, -0.2) is 4.98 Å². The first-order chi connectivity index (χ1) is 15.7. The number of nitrogens with zero attached hydrogens (tertiary/aromatic N) is 2. The van der Waals surface area contributed by atoms with E-state index >= 15 is 0 Å². The van der Waals surface area contributed by atoms with Crippen LogP contribution in [0.1, 0.15) is 16.8 Å². The van der Waals surface area contributed by atoms with Crippen LogP contribution < -0.4 is 14.4 Å². The van der Waals surface area contributed by atoms with Crippen LogP contribution in [-0.4, -0.2) is 50.7 Å². The second-order valence-electron chi connectivity index (χ2n) is 7.06. The zero-order valence-electron chi connectivity index (χ0n) is 18.5. The minimum Gasteiger partial charge on any atom is -0.497 e. The second-order valence-corrected chi connectivity index (χ2v) is 7.90. The summed E-state index contributed by atoms with van der Waals surface area (Å²) < 4.78 is 21.4. The van der Waals surface area contributed by atoms with E-state index in [2.05, 4.69) is 29.2 Å². The highest BCUT2D eigenvalue weighted by atomic mass is 32.1. The molecule has 7 nitrogen and oxygen atoms in total. The molecule has 2 aromatic carbocycles. The summed E-state index contributed by atoms with van der Waals surface area (Å²) in [5.74, 6) is 1.68. The Balaban J connectivity index is 1.67. The molecule has 0 aliphatic carbocycles. The van der Waals surface area contributed by atoms with Crippen LogP contribution in [0.4, 0.5) is 5.13 Å². The molecule has 0 amide bonds. The number of aromatic nitrogens is 1. The number of aliphatic hydroxyl groups is 1. The molecule has 0 bridgehead atoms. The minimum atomic E-state index is 0.0215. The number of hydrogen-bond donors (Lipinski definition) is 1. The van der Waals surface area contributed by atoms with E-state index in [1.807, 2.05) is 29.6 Å². The van der Waals surface area contributed by atoms with Crippen molar-refractivity contribution in [3.8, 4) is 11.5 Å². The van der Waals surface area contributed by atoms with Gasteiger partial charge in [0, 0.05) is 18.5 Å². The van der Waals surface area contributed by atoms with Crippen molar-refractivity contribution in [3.05, 3.63) is 70.7 Å². The van der Waals surface area contributed by atoms with E-state index < -0.39 is 0 Å². The Kier molecular flexibility index (Phi) is 9.77. The fraction of sp³-hybridized carbons (Fsp3) is 0.375. The van der Waals surface area contributed by atoms with Crippen LogP contribution in [0.2, 0.25) is 0 Å². The van der Waals surface area contributed by atoms with Crippen LogP contribution in [0, 0.1) is 0 Å². The van der Waals surface area contributed by atoms with Crippen molar-refractivity contribution in [2.24, 2.45) is 0 Å². The third-order valence-electron chi connectivity index (χ3n) is 4.73. The Morgan fingerprint density at radius 3 is 1.91 bits per heavy atom. The summed E-state index contributed by atoms with van der Waals surface area (Å²) in [7, 11) is 3.34. The maximum Gasteiger partial charge on any atom is 0.186 e. The zero-order valence-corrected chi connectivity index (χ0v) is 19.3. The third-order valence-corrected chi connectivity index (χ3v) is 5.68. The van der Waals surface area contributed by atoms with Gasteiger partial charge in [0.25, 0.3) is 0 Å². The van der Waals surface area contributed by atoms with Crippen molar-refractivity contribution in [2.45, 2.75) is 19.7 Å². The molecule has 0 fully saturated rings. The lowest BCUT2D eigenvalue weighted by Crippen LogP contribution is -2.22. The zero-order chi connectivity index (χ0) is 22.6. The molecule has 0 saturated heterocycles. The first-order valence-corrected chi connectivity index (χ1v) is 11.3. The summed E-state index contributed by atoms with van der Waals surface area (Å²) in [5.41, 5.74) is 3.24. The van der Waals surface area contributed by atoms with Crippen LogP contribution in [0.15, 0.2) is 53.9 Å². The van der Waals surface area contributed by atoms with E-state index in [9.17, 15) is 0 Å². The van der Waals surface area contributed by atoms with Crippen molar-refractivity contribution >= 4 is 16.5 Å². The summed E-state index contributed by atoms with van der Waals surface area (Å²) in [4.78, 5) is 7.05. The Bertz CT molecular complexity index is 865. The lowest BCUT2D eigenvalue weighted by atomic mass is 10.1. The molecule has 0 atom stereocenters. The van der Waals surface area contributed by atoms with Gasteiger partial charge in [-0.15, -0.1) is 11.3 Å². The maximum absolute atomic E-state index is 8.73. The van der Waals surface area contributed by atoms with Crippen LogP contribution >= 0.6 is 11.3 Å². The topological polar surface area (TPSA) is 73.3 Å². The predicted octanol–water partition coefficient (Wildman–Crippen LogP) is 3.89. The summed E-state index contributed by atoms with van der Waals surface area (Å²) in [6.07, 6.45) is 0. The highest BCUT2D eigenvalue weighted by Crippen LogP contribution is 2.26. The van der Waals surface area contributed by atoms with Crippen LogP contribution in [0.25, 0.3) is 0 Å². The minimum absolute atomic E-state index is 0.0215. The molecular formula is C24H30N2O5S. The molecule has 0 unspecified atom stereocenters. The number of hydrogen-bond acceptors (Lipinski definition) is 8. The van der Waals surface area contributed by atoms with E-state index in [1.54, 1.807) is 25.6 Å². The predicted molar refractivity (Wildman–Crippen MR) is 126 cm³/mol. The number of rotatable bonds is 14. The third kappa shape index (κ3) is 7.49. The molecule has 0 radical (unpaired) electrons. The fourth-order valence-electron chi connectivity index (χ4n) is 3.06. The van der Waals surface area contributed by atoms with E-state index in [-0.39, 0.29) is 6.61 Å². The average molecular weight is 459 g/mol. The molecule has 172 valence electrons. The molecule has 1 heterocycles. The first-order valence-electron chi connectivity index (χ1n) is 10.4. The summed E-state index contributed by atoms with van der Waals surface area (Å²) >= 11 is 1.60. The fourth-order valence-corrected chi connectivity index (χ4v) is 3.87. The second kappa shape index (κ2) is 13.0. The molecule has 0 aliphatic heterocycles. The van der Waals surface area contributed by atoms with Gasteiger partial charge in [0.2, 0.25) is 0 Å². The highest BCUT2D eigenvalue weighted by Gasteiger charge is 2.14. The lowest BCUT2D eigenvalue weighted by Gasteiger charge is -2.22. The van der Waals surface area contributed by atoms with Gasteiger partial charge in [-0.3, -0.25) is 0 Å². The van der Waals surface area contributed by atoms with Crippen molar-refractivity contribution in [1.82, 2.24) is 4.98 Å². The molecule has 0 saturated carbocycles. The van der Waals surface area contributed by atoms with Gasteiger partial charge in [-0.1, -0.05) is 24.3 Å². The van der Waals surface area contributed by atoms with Gasteiger partial charge in [-0.05, 0) is 35.4 Å². The van der Waals surface area contributed by atoms with Crippen molar-refractivity contribution in [3.63, 3.8) is 0 Å². The van der Waals surface area contributed by atoms with Crippen LogP contribution in [-0.2, 0) is 29.2 Å². The SMILES string of the molecule is COc1ccc(CN(Cc2ccc(OC)cc2)c2nc(COCCOCCO)cs2)cc1. The first kappa shape index (κ1) is 24.0. The van der Waals surface area contributed by atoms with E-state index in [1.165, 1.54) is 11.1 Å². The van der Waals surface area contributed by atoms with Crippen molar-refractivity contribution < 1.29 is 24.1 Å². The Morgan fingerprint density at radius 2 is 1.38 bits per heavy atom. The van der Waals surface area contributed by atoms with Gasteiger partial charge in [-0.2, -0.15) is 0 Å². The molecule has 32 heavy (non-hydrogen) atoms. The monoisotopic (exact) mass is 458 g/mol. The Morgan fingerprint density at radius 1 is 0.812 bits per heavy atom. The molecule has 8 heteroatoms. The number of aliphatic hydroxyl groups excluding tert-OH is 1. The van der Waals surface area contributed by atoms with E-state index in [0.717, 1.165) is 35.4 Å². The van der Waals surface area contributed by atoms with Gasteiger partial charge >= 0.3 is 0 Å². The molecule has 3 rings (SSSR count). The number of ether oxygens (including phenoxy) is 4. The molecule has 3 aromatic rings. The van der Waals surface area contributed by atoms with Crippen molar-refractivity contribution in [2.75, 3.05) is 45.5 Å². The summed E-state index contributed by atoms with van der Waals surface area (Å²) in [6.45, 7) is 3.14. The van der Waals surface area contributed by atoms with Gasteiger partial charge < -0.3 is 29.0 Å². The average Bonchev–Trinajstić information content (AvgIpc) is 3.31. The van der Waals surface area contributed by atoms with Crippen LogP contribution in [0.3, 0.4) is 0 Å². The van der Waals surface area contributed by atoms with Crippen molar-refractivity contribution in [1.29, 1.82) is 0 Å². The molecule has 1 aromatic heterocycles. The number of anilines is 1. The number of methoxy groups -OCH3 is 2. The molecule has 1 N–H and O–H groups in total. The maximum atomic E-state index is 8.73. The van der Waals surface area contributed by atoms with Gasteiger partial charge in [0.05, 0.1) is 52.9 Å². The van der Waals surface area contributed by atoms with Gasteiger partial charge in [0.15, 0.2) is 5.13 Å². The quantitative estimate of drug-likeness (QED) is 0.367. The lowest BCUT2D eigenvalue weighted by molar-refractivity contribution is 0.0267. The number of benzene rings is 2. The van der Waals surface area contributed by atoms with E-state index in [4.69, 9.17) is 29.0 Å². The highest BCUT2D eigenvalue weighted by molar-refractivity contribution is 7.13. The largest absolute Gasteiger partial charge is 0.497 e. The smallest absolute Gasteiger partial charge is 0.186 e. The molecule has 0 aliphatic rings. The molecule has 0 spiro atoms. The summed E-state index contributed by atoms with van der Waals surface area (Å²) in [6, 6.07) is 16.2. The molecular weight excluding hydrogens is 428 g/mol. The number of thiazole rings is 1. The van der Waals surface area contributed by atoms with Gasteiger partial charge in [0.1, 0.15) is 11.5 Å².